The second-order valence-corrected chi connectivity index (χ2v) is 3.90. The average molecular weight is 251 g/mol. The van der Waals surface area contributed by atoms with Crippen LogP contribution >= 0.6 is 0 Å². The first-order chi connectivity index (χ1) is 7.88. The van der Waals surface area contributed by atoms with Crippen LogP contribution in [0.5, 0.6) is 0 Å². The van der Waals surface area contributed by atoms with E-state index >= 15 is 0 Å². The molecule has 6 N–H and O–H groups in total. The molecule has 0 amide bonds. The fourth-order valence-corrected chi connectivity index (χ4v) is 1.57. The van der Waals surface area contributed by atoms with Gasteiger partial charge in [-0.15, -0.1) is 0 Å². The maximum Gasteiger partial charge on any atom is 0.332 e. The van der Waals surface area contributed by atoms with Gasteiger partial charge in [0.1, 0.15) is 18.3 Å². The van der Waals surface area contributed by atoms with Gasteiger partial charge in [-0.2, -0.15) is 0 Å². The third-order valence-corrected chi connectivity index (χ3v) is 2.63. The van der Waals surface area contributed by atoms with Gasteiger partial charge >= 0.3 is 5.97 Å². The number of hydrogen-bond donors (Lipinski definition) is 5. The minimum atomic E-state index is -1.43. The van der Waals surface area contributed by atoms with Crippen molar-refractivity contribution in [1.82, 2.24) is 0 Å². The predicted molar refractivity (Wildman–Crippen MR) is 53.9 cm³/mol. The smallest absolute Gasteiger partial charge is 0.332 e. The molecule has 8 nitrogen and oxygen atoms in total. The molecule has 17 heavy (non-hydrogen) atoms. The summed E-state index contributed by atoms with van der Waals surface area (Å²) in [6, 6.07) is -1.09. The number of aliphatic carboxylic acids is 1. The fourth-order valence-electron chi connectivity index (χ4n) is 1.57. The van der Waals surface area contributed by atoms with Crippen molar-refractivity contribution in [3.63, 3.8) is 0 Å². The Morgan fingerprint density at radius 1 is 1.53 bits per heavy atom. The van der Waals surface area contributed by atoms with Gasteiger partial charge in [0, 0.05) is 0 Å². The van der Waals surface area contributed by atoms with E-state index in [-0.39, 0.29) is 0 Å². The third kappa shape index (κ3) is 3.12. The van der Waals surface area contributed by atoms with Crippen LogP contribution in [-0.2, 0) is 14.3 Å². The monoisotopic (exact) mass is 251 g/mol. The first-order valence-corrected chi connectivity index (χ1v) is 5.14. The van der Waals surface area contributed by atoms with E-state index in [2.05, 4.69) is 0 Å². The van der Waals surface area contributed by atoms with Crippen LogP contribution in [0.3, 0.4) is 0 Å². The molecule has 0 bridgehead atoms. The molecule has 100 valence electrons. The molecular formula is C9H17NO7. The normalized spacial score (nSPS) is 39.9. The molecule has 1 rings (SSSR count). The van der Waals surface area contributed by atoms with Crippen molar-refractivity contribution >= 4 is 5.97 Å². The third-order valence-electron chi connectivity index (χ3n) is 2.63. The van der Waals surface area contributed by atoms with Crippen molar-refractivity contribution in [3.8, 4) is 0 Å². The van der Waals surface area contributed by atoms with E-state index in [1.54, 1.807) is 0 Å². The molecule has 1 unspecified atom stereocenters. The van der Waals surface area contributed by atoms with Crippen LogP contribution in [-0.4, -0.2) is 69.8 Å². The van der Waals surface area contributed by atoms with Crippen molar-refractivity contribution in [3.05, 3.63) is 0 Å². The molecule has 1 fully saturated rings. The van der Waals surface area contributed by atoms with Crippen LogP contribution in [0.25, 0.3) is 0 Å². The molecule has 1 saturated heterocycles. The number of nitrogens with two attached hydrogens (primary N) is 1. The first kappa shape index (κ1) is 14.3. The summed E-state index contributed by atoms with van der Waals surface area (Å²) in [5, 5.41) is 36.8. The molecule has 0 aromatic carbocycles. The van der Waals surface area contributed by atoms with Crippen LogP contribution < -0.4 is 5.73 Å². The van der Waals surface area contributed by atoms with E-state index in [0.29, 0.717) is 0 Å². The van der Waals surface area contributed by atoms with Crippen LogP contribution in [0.1, 0.15) is 6.92 Å². The summed E-state index contributed by atoms with van der Waals surface area (Å²) in [7, 11) is 0. The van der Waals surface area contributed by atoms with Crippen molar-refractivity contribution in [2.75, 3.05) is 6.61 Å². The second-order valence-electron chi connectivity index (χ2n) is 3.90. The Morgan fingerprint density at radius 3 is 2.59 bits per heavy atom. The lowest BCUT2D eigenvalue weighted by Gasteiger charge is -2.41. The van der Waals surface area contributed by atoms with E-state index in [9.17, 15) is 15.0 Å². The summed E-state index contributed by atoms with van der Waals surface area (Å²) in [5.41, 5.74) is 5.54. The van der Waals surface area contributed by atoms with E-state index in [1.165, 1.54) is 6.92 Å². The van der Waals surface area contributed by atoms with Gasteiger partial charge in [-0.25, -0.2) is 4.79 Å². The second kappa shape index (κ2) is 5.71. The van der Waals surface area contributed by atoms with Gasteiger partial charge in [-0.1, -0.05) is 0 Å². The van der Waals surface area contributed by atoms with Crippen molar-refractivity contribution in [2.24, 2.45) is 5.73 Å². The summed E-state index contributed by atoms with van der Waals surface area (Å²) in [6.07, 6.45) is -6.11. The van der Waals surface area contributed by atoms with Crippen LogP contribution in [0.15, 0.2) is 0 Å². The van der Waals surface area contributed by atoms with E-state index in [1.807, 2.05) is 0 Å². The number of carbonyl (C=O) groups is 1. The van der Waals surface area contributed by atoms with Crippen LogP contribution in [0, 0.1) is 0 Å². The number of rotatable bonds is 4. The Hall–Kier alpha value is -0.770. The zero-order valence-corrected chi connectivity index (χ0v) is 9.26. The Balaban J connectivity index is 2.74. The van der Waals surface area contributed by atoms with Gasteiger partial charge in [0.15, 0.2) is 12.4 Å². The highest BCUT2D eigenvalue weighted by molar-refractivity contribution is 5.71. The summed E-state index contributed by atoms with van der Waals surface area (Å²) in [4.78, 5) is 10.6. The number of carboxylic acid groups (broad SMARTS) is 1. The SMILES string of the molecule is CC(O[C@@H]1[C@H](N)[C@@H](O)O[C@H](CO)[C@H]1O)C(=O)O. The zero-order valence-electron chi connectivity index (χ0n) is 9.26. The lowest BCUT2D eigenvalue weighted by atomic mass is 9.97. The minimum absolute atomic E-state index is 0.535. The Bertz CT molecular complexity index is 274. The molecule has 0 aromatic rings. The summed E-state index contributed by atoms with van der Waals surface area (Å²) in [5.74, 6) is -1.22. The van der Waals surface area contributed by atoms with E-state index in [4.69, 9.17) is 25.4 Å². The summed E-state index contributed by atoms with van der Waals surface area (Å²) >= 11 is 0. The molecule has 1 aliphatic heterocycles. The van der Waals surface area contributed by atoms with Crippen molar-refractivity contribution in [1.29, 1.82) is 0 Å². The van der Waals surface area contributed by atoms with E-state index < -0.39 is 49.3 Å². The lowest BCUT2D eigenvalue weighted by Crippen LogP contribution is -2.63. The molecule has 8 heteroatoms. The molecule has 0 aromatic heterocycles. The molecule has 1 heterocycles. The molecule has 0 aliphatic carbocycles. The highest BCUT2D eigenvalue weighted by Gasteiger charge is 2.44. The largest absolute Gasteiger partial charge is 0.479 e. The first-order valence-electron chi connectivity index (χ1n) is 5.14. The van der Waals surface area contributed by atoms with Crippen LogP contribution in [0.2, 0.25) is 0 Å². The van der Waals surface area contributed by atoms with Crippen molar-refractivity contribution in [2.45, 2.75) is 43.7 Å². The highest BCUT2D eigenvalue weighted by Crippen LogP contribution is 2.22. The number of aliphatic hydroxyl groups excluding tert-OH is 3. The Morgan fingerprint density at radius 2 is 2.12 bits per heavy atom. The maximum atomic E-state index is 10.6. The van der Waals surface area contributed by atoms with Gasteiger partial charge in [0.05, 0.1) is 12.6 Å². The number of hydrogen-bond acceptors (Lipinski definition) is 7. The lowest BCUT2D eigenvalue weighted by molar-refractivity contribution is -0.262. The standard InChI is InChI=1S/C9H17NO7/c1-3(8(13)14)16-7-5(10)9(15)17-4(2-11)6(7)12/h3-7,9,11-12,15H,2,10H2,1H3,(H,13,14)/t3?,4-,5+,6-,7-,9+/m1/s1. The minimum Gasteiger partial charge on any atom is -0.479 e. The van der Waals surface area contributed by atoms with Gasteiger partial charge < -0.3 is 35.6 Å². The van der Waals surface area contributed by atoms with Gasteiger partial charge in [0.25, 0.3) is 0 Å². The van der Waals surface area contributed by atoms with Crippen molar-refractivity contribution < 1.29 is 34.7 Å². The Kier molecular flexibility index (Phi) is 4.80. The maximum absolute atomic E-state index is 10.6. The predicted octanol–water partition coefficient (Wildman–Crippen LogP) is -2.76. The van der Waals surface area contributed by atoms with Crippen LogP contribution in [0.4, 0.5) is 0 Å². The van der Waals surface area contributed by atoms with Gasteiger partial charge in [-0.05, 0) is 6.92 Å². The number of ether oxygens (including phenoxy) is 2. The van der Waals surface area contributed by atoms with Gasteiger partial charge in [-0.3, -0.25) is 0 Å². The molecular weight excluding hydrogens is 234 g/mol. The molecule has 0 spiro atoms. The molecule has 6 atom stereocenters. The van der Waals surface area contributed by atoms with E-state index in [0.717, 1.165) is 0 Å². The highest BCUT2D eigenvalue weighted by atomic mass is 16.6. The number of aliphatic hydroxyl groups is 3. The Labute approximate surface area is 97.6 Å². The number of carboxylic acids is 1. The molecule has 0 radical (unpaired) electrons. The van der Waals surface area contributed by atoms with Gasteiger partial charge in [0.2, 0.25) is 0 Å². The summed E-state index contributed by atoms with van der Waals surface area (Å²) < 4.78 is 9.89. The molecule has 1 aliphatic rings. The topological polar surface area (TPSA) is 142 Å². The quantitative estimate of drug-likeness (QED) is 0.361. The zero-order chi connectivity index (χ0) is 13.2. The molecule has 0 saturated carbocycles. The summed E-state index contributed by atoms with van der Waals surface area (Å²) in [6.45, 7) is 0.740. The average Bonchev–Trinajstić information content (AvgIpc) is 2.28. The fraction of sp³-hybridized carbons (Fsp3) is 0.889.